The second-order valence-electron chi connectivity index (χ2n) is 5.33. The molecule has 0 amide bonds. The molecule has 106 valence electrons. The van der Waals surface area contributed by atoms with Crippen LogP contribution in [0.25, 0.3) is 10.1 Å². The molecular weight excluding hydrogens is 393 g/mol. The molecule has 2 atom stereocenters. The number of hydrogen-bond donors (Lipinski definition) is 1. The highest BCUT2D eigenvalue weighted by Gasteiger charge is 2.49. The average Bonchev–Trinajstić information content (AvgIpc) is 2.95. The number of nitrogens with zero attached hydrogens (tertiary/aromatic N) is 2. The van der Waals surface area contributed by atoms with Gasteiger partial charge in [0, 0.05) is 10.4 Å². The first-order valence-corrected chi connectivity index (χ1v) is 8.56. The Bertz CT molecular complexity index is 813. The molecule has 0 fully saturated rings. The Hall–Kier alpha value is -1.15. The minimum absolute atomic E-state index is 0.112. The van der Waals surface area contributed by atoms with E-state index in [1.54, 1.807) is 0 Å². The molecule has 21 heavy (non-hydrogen) atoms. The molecule has 1 aromatic heterocycles. The van der Waals surface area contributed by atoms with Gasteiger partial charge in [-0.2, -0.15) is 0 Å². The molecule has 0 saturated carbocycles. The van der Waals surface area contributed by atoms with Crippen LogP contribution in [0.3, 0.4) is 0 Å². The second kappa shape index (κ2) is 4.67. The number of halogens is 1. The number of para-hydroxylation sites is 1. The smallest absolute Gasteiger partial charge is 0.257 e. The second-order valence-corrected chi connectivity index (χ2v) is 8.37. The van der Waals surface area contributed by atoms with Crippen molar-refractivity contribution >= 4 is 60.7 Å². The van der Waals surface area contributed by atoms with Gasteiger partial charge in [-0.25, -0.2) is 2.70 Å². The van der Waals surface area contributed by atoms with E-state index in [9.17, 15) is 0 Å². The first-order valence-electron chi connectivity index (χ1n) is 6.78. The van der Waals surface area contributed by atoms with Crippen LogP contribution in [0.4, 0.5) is 16.4 Å². The first kappa shape index (κ1) is 13.5. The fraction of sp³-hybridized carbons (Fsp3) is 0.125. The number of anilines is 2. The van der Waals surface area contributed by atoms with E-state index >= 15 is 0 Å². The van der Waals surface area contributed by atoms with Gasteiger partial charge in [-0.15, -0.1) is 11.3 Å². The monoisotopic (exact) mass is 408 g/mol. The van der Waals surface area contributed by atoms with Crippen LogP contribution in [0.2, 0.25) is 0 Å². The summed E-state index contributed by atoms with van der Waals surface area (Å²) in [4.78, 5) is 2.26. The number of quaternary nitrogens is 1. The number of thiophene rings is 1. The molecule has 0 saturated heterocycles. The maximum Gasteiger partial charge on any atom is 0.257 e. The third-order valence-electron chi connectivity index (χ3n) is 4.00. The summed E-state index contributed by atoms with van der Waals surface area (Å²) >= 11 is 4.27. The number of fused-ring (bicyclic) bond motifs is 3. The number of nitrogens with two attached hydrogens (primary N) is 1. The molecule has 1 aliphatic rings. The maximum absolute atomic E-state index is 6.57. The normalized spacial score (nSPS) is 24.5. The van der Waals surface area contributed by atoms with Gasteiger partial charge >= 0.3 is 0 Å². The predicted octanol–water partition coefficient (Wildman–Crippen LogP) is 4.58. The quantitative estimate of drug-likeness (QED) is 0.472. The van der Waals surface area contributed by atoms with Gasteiger partial charge in [0.25, 0.3) is 22.9 Å². The minimum Gasteiger partial charge on any atom is -0.264 e. The zero-order chi connectivity index (χ0) is 14.6. The van der Waals surface area contributed by atoms with Crippen molar-refractivity contribution in [3.63, 3.8) is 0 Å². The highest BCUT2D eigenvalue weighted by atomic mass is 127. The van der Waals surface area contributed by atoms with Crippen molar-refractivity contribution < 1.29 is 0 Å². The van der Waals surface area contributed by atoms with Crippen molar-refractivity contribution in [1.29, 1.82) is 0 Å². The van der Waals surface area contributed by atoms with Crippen molar-refractivity contribution in [3.05, 3.63) is 54.6 Å². The number of hydrogen-bond acceptors (Lipinski definition) is 3. The summed E-state index contributed by atoms with van der Waals surface area (Å²) in [5.41, 5.74) is 9.03. The Balaban J connectivity index is 2.01. The molecule has 2 aromatic carbocycles. The zero-order valence-corrected chi connectivity index (χ0v) is 14.5. The Labute approximate surface area is 141 Å². The summed E-state index contributed by atoms with van der Waals surface area (Å²) < 4.78 is 1.96. The summed E-state index contributed by atoms with van der Waals surface area (Å²) in [6.45, 7) is 0. The lowest BCUT2D eigenvalue weighted by Crippen LogP contribution is -2.54. The van der Waals surface area contributed by atoms with E-state index < -0.39 is 0 Å². The molecule has 2 heterocycles. The van der Waals surface area contributed by atoms with Gasteiger partial charge < -0.3 is 0 Å². The summed E-state index contributed by atoms with van der Waals surface area (Å²) in [5, 5.41) is 2.56. The SMILES string of the molecule is C[N@@+]1(I)c2c(sc3ccccc23)N(c2ccccc2)C1N. The van der Waals surface area contributed by atoms with E-state index in [4.69, 9.17) is 5.73 Å². The van der Waals surface area contributed by atoms with Crippen molar-refractivity contribution in [3.8, 4) is 0 Å². The van der Waals surface area contributed by atoms with Crippen LogP contribution < -0.4 is 13.3 Å². The van der Waals surface area contributed by atoms with Crippen LogP contribution in [0.1, 0.15) is 0 Å². The van der Waals surface area contributed by atoms with Gasteiger partial charge in [0.2, 0.25) is 6.29 Å². The average molecular weight is 408 g/mol. The van der Waals surface area contributed by atoms with Crippen LogP contribution in [0.15, 0.2) is 54.6 Å². The molecule has 0 spiro atoms. The van der Waals surface area contributed by atoms with Crippen molar-refractivity contribution in [2.75, 3.05) is 11.9 Å². The third-order valence-corrected chi connectivity index (χ3v) is 6.22. The molecule has 2 N–H and O–H groups in total. The maximum atomic E-state index is 6.57. The topological polar surface area (TPSA) is 29.3 Å². The van der Waals surface area contributed by atoms with Crippen LogP contribution >= 0.6 is 34.2 Å². The Morgan fingerprint density at radius 3 is 2.52 bits per heavy atom. The number of rotatable bonds is 1. The number of benzene rings is 2. The standard InChI is InChI=1S/C16H15IN3S/c1-20(17)14-12-9-5-6-10-13(12)21-15(14)19(16(20)18)11-7-3-2-4-8-11/h2-10,16H,18H2,1H3/q+1/t16?,20-/m1/s1. The molecule has 1 aliphatic heterocycles. The first-order chi connectivity index (χ1) is 10.1. The van der Waals surface area contributed by atoms with Crippen molar-refractivity contribution in [1.82, 2.24) is 2.70 Å². The van der Waals surface area contributed by atoms with Crippen LogP contribution in [0.5, 0.6) is 0 Å². The van der Waals surface area contributed by atoms with E-state index in [0.717, 1.165) is 5.69 Å². The van der Waals surface area contributed by atoms with Gasteiger partial charge in [0.1, 0.15) is 0 Å². The summed E-state index contributed by atoms with van der Waals surface area (Å²) in [6, 6.07) is 19.0. The van der Waals surface area contributed by atoms with E-state index in [1.807, 2.05) is 17.4 Å². The minimum atomic E-state index is -0.112. The lowest BCUT2D eigenvalue weighted by Gasteiger charge is -2.29. The fourth-order valence-electron chi connectivity index (χ4n) is 2.93. The molecule has 5 heteroatoms. The largest absolute Gasteiger partial charge is 0.264 e. The van der Waals surface area contributed by atoms with Crippen molar-refractivity contribution in [2.24, 2.45) is 5.73 Å². The molecule has 4 rings (SSSR count). The van der Waals surface area contributed by atoms with E-state index in [2.05, 4.69) is 83.3 Å². The van der Waals surface area contributed by atoms with Crippen LogP contribution in [0, 0.1) is 0 Å². The lowest BCUT2D eigenvalue weighted by molar-refractivity contribution is 0.479. The summed E-state index contributed by atoms with van der Waals surface area (Å²) in [7, 11) is 2.17. The Kier molecular flexibility index (Phi) is 3.01. The molecule has 3 nitrogen and oxygen atoms in total. The van der Waals surface area contributed by atoms with Gasteiger partial charge in [0.05, 0.1) is 12.4 Å². The summed E-state index contributed by atoms with van der Waals surface area (Å²) in [5.74, 6) is 0. The van der Waals surface area contributed by atoms with Gasteiger partial charge in [-0.05, 0) is 24.3 Å². The van der Waals surface area contributed by atoms with E-state index in [0.29, 0.717) is 2.70 Å². The van der Waals surface area contributed by atoms with Crippen LogP contribution in [-0.2, 0) is 0 Å². The highest BCUT2D eigenvalue weighted by Crippen LogP contribution is 2.56. The van der Waals surface area contributed by atoms with Gasteiger partial charge in [0.15, 0.2) is 10.7 Å². The van der Waals surface area contributed by atoms with Gasteiger partial charge in [-0.1, -0.05) is 30.3 Å². The van der Waals surface area contributed by atoms with Crippen molar-refractivity contribution in [2.45, 2.75) is 6.29 Å². The molecule has 0 aliphatic carbocycles. The lowest BCUT2D eigenvalue weighted by atomic mass is 10.2. The highest BCUT2D eigenvalue weighted by molar-refractivity contribution is 14.1. The van der Waals surface area contributed by atoms with Crippen LogP contribution in [-0.4, -0.2) is 13.3 Å². The van der Waals surface area contributed by atoms with Gasteiger partial charge in [-0.3, -0.25) is 10.6 Å². The summed E-state index contributed by atoms with van der Waals surface area (Å²) in [6.07, 6.45) is -0.112. The molecule has 3 aromatic rings. The van der Waals surface area contributed by atoms with E-state index in [1.165, 1.54) is 20.8 Å². The fourth-order valence-corrected chi connectivity index (χ4v) is 5.17. The third kappa shape index (κ3) is 1.85. The molecule has 0 bridgehead atoms. The molecule has 0 radical (unpaired) electrons. The zero-order valence-electron chi connectivity index (χ0n) is 11.5. The molecular formula is C16H15IN3S+. The predicted molar refractivity (Wildman–Crippen MR) is 100 cm³/mol. The Morgan fingerprint density at radius 2 is 1.76 bits per heavy atom. The van der Waals surface area contributed by atoms with E-state index in [-0.39, 0.29) is 6.29 Å². The molecule has 1 unspecified atom stereocenters. The Morgan fingerprint density at radius 1 is 1.10 bits per heavy atom.